The number of nitrogens with zero attached hydrogens (tertiary/aromatic N) is 3. The Morgan fingerprint density at radius 3 is 2.47 bits per heavy atom. The summed E-state index contributed by atoms with van der Waals surface area (Å²) in [4.78, 5) is 12.3. The van der Waals surface area contributed by atoms with E-state index in [2.05, 4.69) is 25.6 Å². The summed E-state index contributed by atoms with van der Waals surface area (Å²) in [5.41, 5.74) is 1.44. The van der Waals surface area contributed by atoms with Crippen LogP contribution in [0.4, 0.5) is 19.0 Å². The Morgan fingerprint density at radius 2 is 1.75 bits per heavy atom. The zero-order valence-corrected chi connectivity index (χ0v) is 17.1. The van der Waals surface area contributed by atoms with Crippen molar-refractivity contribution < 1.29 is 22.6 Å². The molecule has 11 heteroatoms. The average molecular weight is 446 g/mol. The van der Waals surface area contributed by atoms with Crippen LogP contribution in [0.2, 0.25) is 0 Å². The number of rotatable bonds is 9. The van der Waals surface area contributed by atoms with Crippen molar-refractivity contribution in [3.05, 3.63) is 66.2 Å². The van der Waals surface area contributed by atoms with E-state index in [1.807, 2.05) is 12.1 Å². The zero-order chi connectivity index (χ0) is 23.0. The van der Waals surface area contributed by atoms with Gasteiger partial charge in [0.05, 0.1) is 0 Å². The van der Waals surface area contributed by atoms with Gasteiger partial charge < -0.3 is 20.1 Å². The first kappa shape index (κ1) is 22.8. The monoisotopic (exact) mass is 446 g/mol. The second kappa shape index (κ2) is 10.4. The van der Waals surface area contributed by atoms with Crippen LogP contribution < -0.4 is 20.1 Å². The molecule has 0 fully saturated rings. The van der Waals surface area contributed by atoms with E-state index in [1.54, 1.807) is 25.4 Å². The molecule has 0 aliphatic rings. The Labute approximate surface area is 182 Å². The number of ether oxygens (including phenoxy) is 2. The quantitative estimate of drug-likeness (QED) is 0.339. The molecule has 1 aromatic carbocycles. The van der Waals surface area contributed by atoms with Crippen LogP contribution >= 0.6 is 0 Å². The van der Waals surface area contributed by atoms with Crippen molar-refractivity contribution >= 4 is 11.7 Å². The number of hydrogen-bond donors (Lipinski definition) is 3. The summed E-state index contributed by atoms with van der Waals surface area (Å²) in [5, 5.41) is 14.0. The summed E-state index contributed by atoms with van der Waals surface area (Å²) in [6, 6.07) is 9.78. The van der Waals surface area contributed by atoms with Crippen molar-refractivity contribution in [1.29, 1.82) is 5.41 Å². The number of amidine groups is 1. The van der Waals surface area contributed by atoms with Crippen LogP contribution in [0.5, 0.6) is 17.4 Å². The van der Waals surface area contributed by atoms with Gasteiger partial charge >= 0.3 is 6.18 Å². The summed E-state index contributed by atoms with van der Waals surface area (Å²) >= 11 is 0. The van der Waals surface area contributed by atoms with Crippen molar-refractivity contribution in [1.82, 2.24) is 20.3 Å². The molecule has 0 saturated carbocycles. The van der Waals surface area contributed by atoms with E-state index in [0.29, 0.717) is 30.2 Å². The fourth-order valence-corrected chi connectivity index (χ4v) is 2.67. The Balaban J connectivity index is 1.50. The molecule has 0 spiro atoms. The van der Waals surface area contributed by atoms with Crippen LogP contribution in [0.15, 0.2) is 55.0 Å². The summed E-state index contributed by atoms with van der Waals surface area (Å²) in [7, 11) is 1.71. The fourth-order valence-electron chi connectivity index (χ4n) is 2.67. The molecule has 2 heterocycles. The largest absolute Gasteiger partial charge is 0.484 e. The van der Waals surface area contributed by atoms with Gasteiger partial charge in [-0.05, 0) is 30.2 Å². The Bertz CT molecular complexity index is 1040. The van der Waals surface area contributed by atoms with Crippen molar-refractivity contribution in [2.45, 2.75) is 12.6 Å². The first-order valence-electron chi connectivity index (χ1n) is 9.58. The predicted molar refractivity (Wildman–Crippen MR) is 112 cm³/mol. The van der Waals surface area contributed by atoms with E-state index in [9.17, 15) is 13.2 Å². The minimum atomic E-state index is -4.42. The van der Waals surface area contributed by atoms with Gasteiger partial charge in [0.15, 0.2) is 12.4 Å². The maximum atomic E-state index is 12.3. The highest BCUT2D eigenvalue weighted by molar-refractivity contribution is 5.98. The zero-order valence-electron chi connectivity index (χ0n) is 17.1. The molecule has 0 amide bonds. The topological polar surface area (TPSA) is 105 Å². The molecule has 0 atom stereocenters. The Hall–Kier alpha value is -3.89. The van der Waals surface area contributed by atoms with Crippen molar-refractivity contribution in [3.8, 4) is 17.4 Å². The summed E-state index contributed by atoms with van der Waals surface area (Å²) < 4.78 is 47.1. The molecule has 8 nitrogen and oxygen atoms in total. The number of nitrogens with one attached hydrogen (secondary N) is 3. The minimum Gasteiger partial charge on any atom is -0.484 e. The lowest BCUT2D eigenvalue weighted by Gasteiger charge is -2.11. The molecule has 0 unspecified atom stereocenters. The second-order valence-corrected chi connectivity index (χ2v) is 6.53. The number of aromatic nitrogens is 3. The van der Waals surface area contributed by atoms with Crippen LogP contribution in [0.1, 0.15) is 11.3 Å². The smallest absolute Gasteiger partial charge is 0.422 e. The van der Waals surface area contributed by atoms with Gasteiger partial charge in [-0.2, -0.15) is 13.2 Å². The van der Waals surface area contributed by atoms with E-state index in [0.717, 1.165) is 5.56 Å². The Morgan fingerprint density at radius 1 is 1.00 bits per heavy atom. The van der Waals surface area contributed by atoms with Gasteiger partial charge in [0.2, 0.25) is 5.88 Å². The van der Waals surface area contributed by atoms with Crippen LogP contribution in [0, 0.1) is 5.41 Å². The molecular formula is C21H21F3N6O2. The van der Waals surface area contributed by atoms with Gasteiger partial charge in [-0.3, -0.25) is 5.41 Å². The molecule has 32 heavy (non-hydrogen) atoms. The third-order valence-electron chi connectivity index (χ3n) is 4.14. The summed E-state index contributed by atoms with van der Waals surface area (Å²) in [6.07, 6.45) is 0.617. The van der Waals surface area contributed by atoms with E-state index in [1.165, 1.54) is 24.5 Å². The molecule has 2 aromatic heterocycles. The molecule has 0 radical (unpaired) electrons. The molecule has 0 aliphatic heterocycles. The van der Waals surface area contributed by atoms with Gasteiger partial charge in [0.25, 0.3) is 0 Å². The van der Waals surface area contributed by atoms with E-state index < -0.39 is 12.8 Å². The third kappa shape index (κ3) is 6.83. The van der Waals surface area contributed by atoms with Crippen LogP contribution in [0.25, 0.3) is 0 Å². The average Bonchev–Trinajstić information content (AvgIpc) is 2.78. The van der Waals surface area contributed by atoms with Crippen molar-refractivity contribution in [2.75, 3.05) is 25.5 Å². The van der Waals surface area contributed by atoms with Crippen LogP contribution in [-0.2, 0) is 6.42 Å². The van der Waals surface area contributed by atoms with Crippen molar-refractivity contribution in [2.24, 2.45) is 0 Å². The molecule has 0 aliphatic carbocycles. The van der Waals surface area contributed by atoms with E-state index >= 15 is 0 Å². The number of benzene rings is 1. The maximum absolute atomic E-state index is 12.3. The number of pyridine rings is 1. The number of alkyl halides is 3. The molecule has 168 valence electrons. The lowest BCUT2D eigenvalue weighted by atomic mass is 10.1. The highest BCUT2D eigenvalue weighted by Crippen LogP contribution is 2.25. The third-order valence-corrected chi connectivity index (χ3v) is 4.14. The lowest BCUT2D eigenvalue weighted by molar-refractivity contribution is -0.153. The SMILES string of the molecule is CNc1nccnc1C(=N)NCCc1ccc(Oc2cc(OCC(F)(F)F)ccn2)cc1. The van der Waals surface area contributed by atoms with Gasteiger partial charge in [-0.25, -0.2) is 15.0 Å². The van der Waals surface area contributed by atoms with Gasteiger partial charge in [-0.15, -0.1) is 0 Å². The highest BCUT2D eigenvalue weighted by Gasteiger charge is 2.28. The number of hydrogen-bond acceptors (Lipinski definition) is 7. The predicted octanol–water partition coefficient (Wildman–Crippen LogP) is 3.80. The highest BCUT2D eigenvalue weighted by atomic mass is 19.4. The lowest BCUT2D eigenvalue weighted by Crippen LogP contribution is -2.27. The summed E-state index contributed by atoms with van der Waals surface area (Å²) in [5.74, 6) is 1.31. The normalized spacial score (nSPS) is 11.0. The van der Waals surface area contributed by atoms with Gasteiger partial charge in [0.1, 0.15) is 23.0 Å². The van der Waals surface area contributed by atoms with Crippen LogP contribution in [0.3, 0.4) is 0 Å². The van der Waals surface area contributed by atoms with E-state index in [-0.39, 0.29) is 17.5 Å². The van der Waals surface area contributed by atoms with Gasteiger partial charge in [0, 0.05) is 38.2 Å². The maximum Gasteiger partial charge on any atom is 0.422 e. The Kier molecular flexibility index (Phi) is 7.42. The first-order chi connectivity index (χ1) is 15.3. The molecular weight excluding hydrogens is 425 g/mol. The van der Waals surface area contributed by atoms with E-state index in [4.69, 9.17) is 14.9 Å². The molecule has 3 aromatic rings. The number of halogens is 3. The minimum absolute atomic E-state index is 0.0157. The first-order valence-corrected chi connectivity index (χ1v) is 9.58. The fraction of sp³-hybridized carbons (Fsp3) is 0.238. The summed E-state index contributed by atoms with van der Waals surface area (Å²) in [6.45, 7) is -0.872. The van der Waals surface area contributed by atoms with Crippen LogP contribution in [-0.4, -0.2) is 47.2 Å². The standard InChI is InChI=1S/C21H21F3N6O2/c1-26-20-18(28-10-11-30-20)19(25)29-8-6-14-2-4-15(5-3-14)32-17-12-16(7-9-27-17)31-13-21(22,23)24/h2-5,7,9-12H,6,8,13H2,1H3,(H2,25,29)(H,26,30). The molecule has 3 N–H and O–H groups in total. The second-order valence-electron chi connectivity index (χ2n) is 6.53. The number of anilines is 1. The molecule has 0 saturated heterocycles. The molecule has 0 bridgehead atoms. The van der Waals surface area contributed by atoms with Gasteiger partial charge in [-0.1, -0.05) is 12.1 Å². The molecule has 3 rings (SSSR count). The van der Waals surface area contributed by atoms with Crippen molar-refractivity contribution in [3.63, 3.8) is 0 Å².